The van der Waals surface area contributed by atoms with Gasteiger partial charge in [0.1, 0.15) is 18.5 Å². The molecule has 1 amide bonds. The van der Waals surface area contributed by atoms with Crippen LogP contribution in [-0.2, 0) is 37.3 Å². The smallest absolute Gasteiger partial charge is 0.407 e. The summed E-state index contributed by atoms with van der Waals surface area (Å²) >= 11 is 0. The number of carbonyl (C=O) groups excluding carboxylic acids is 1. The van der Waals surface area contributed by atoms with Crippen molar-refractivity contribution in [3.05, 3.63) is 84.2 Å². The predicted molar refractivity (Wildman–Crippen MR) is 170 cm³/mol. The second-order valence-electron chi connectivity index (χ2n) is 12.0. The van der Waals surface area contributed by atoms with Gasteiger partial charge in [-0.3, -0.25) is 4.98 Å². The van der Waals surface area contributed by atoms with Gasteiger partial charge in [0, 0.05) is 25.0 Å². The Kier molecular flexibility index (Phi) is 11.1. The Morgan fingerprint density at radius 2 is 1.85 bits per heavy atom. The molecule has 3 aromatic rings. The number of nitrogen functional groups attached to an aromatic ring is 1. The van der Waals surface area contributed by atoms with E-state index in [0.29, 0.717) is 24.7 Å². The second-order valence-corrected chi connectivity index (χ2v) is 14.0. The summed E-state index contributed by atoms with van der Waals surface area (Å²) in [6, 6.07) is 17.9. The van der Waals surface area contributed by atoms with Crippen LogP contribution in [0.15, 0.2) is 77.8 Å². The first kappa shape index (κ1) is 33.6. The summed E-state index contributed by atoms with van der Waals surface area (Å²) in [6.07, 6.45) is -0.255. The van der Waals surface area contributed by atoms with Crippen molar-refractivity contribution >= 4 is 21.8 Å². The van der Waals surface area contributed by atoms with Gasteiger partial charge in [-0.25, -0.2) is 13.2 Å². The number of aromatic nitrogens is 1. The average Bonchev–Trinajstić information content (AvgIpc) is 3.66. The van der Waals surface area contributed by atoms with Gasteiger partial charge in [-0.15, -0.1) is 0 Å². The standard InChI is InChI=1S/C33H42N4O8S/c1-22(2)18-37(46(40,41)27-12-8-24(34)9-13-27)19-30(38)29(36-33(39)45-31-21-44-32-28(31)14-16-42-32)17-23-6-10-26(11-7-23)43-20-25-5-3-4-15-35-25/h3-13,15,22,28-32,38H,14,16-21,34H2,1-2H3,(H,36,39)/t28-,29-,30+,31?,32+/m0/s1. The first-order valence-electron chi connectivity index (χ1n) is 15.4. The highest BCUT2D eigenvalue weighted by Gasteiger charge is 2.44. The summed E-state index contributed by atoms with van der Waals surface area (Å²) in [4.78, 5) is 17.5. The number of nitrogens with two attached hydrogens (primary N) is 1. The molecule has 0 aliphatic carbocycles. The van der Waals surface area contributed by atoms with Crippen molar-refractivity contribution in [2.75, 3.05) is 32.0 Å². The van der Waals surface area contributed by atoms with E-state index in [1.807, 2.05) is 44.2 Å². The van der Waals surface area contributed by atoms with E-state index in [9.17, 15) is 18.3 Å². The zero-order valence-electron chi connectivity index (χ0n) is 26.0. The summed E-state index contributed by atoms with van der Waals surface area (Å²) in [5, 5.41) is 14.4. The second kappa shape index (κ2) is 15.2. The molecule has 2 saturated heterocycles. The number of sulfonamides is 1. The Hall–Kier alpha value is -3.75. The number of alkyl carbamates (subject to hydrolysis) is 1. The fourth-order valence-electron chi connectivity index (χ4n) is 5.57. The van der Waals surface area contributed by atoms with E-state index in [1.165, 1.54) is 28.6 Å². The van der Waals surface area contributed by atoms with E-state index in [4.69, 9.17) is 24.7 Å². The minimum atomic E-state index is -3.98. The Balaban J connectivity index is 1.31. The number of carbonyl (C=O) groups is 1. The number of hydrogen-bond donors (Lipinski definition) is 3. The van der Waals surface area contributed by atoms with E-state index >= 15 is 0 Å². The lowest BCUT2D eigenvalue weighted by Gasteiger charge is -2.31. The fraction of sp³-hybridized carbons (Fsp3) is 0.455. The third-order valence-corrected chi connectivity index (χ3v) is 9.83. The van der Waals surface area contributed by atoms with E-state index in [2.05, 4.69) is 10.3 Å². The Bertz CT molecular complexity index is 1520. The maximum atomic E-state index is 13.7. The van der Waals surface area contributed by atoms with E-state index in [0.717, 1.165) is 17.7 Å². The van der Waals surface area contributed by atoms with Crippen LogP contribution < -0.4 is 15.8 Å². The number of rotatable bonds is 14. The maximum absolute atomic E-state index is 13.7. The molecular formula is C33H42N4O8S. The first-order chi connectivity index (χ1) is 22.1. The third kappa shape index (κ3) is 8.74. The number of nitrogens with one attached hydrogen (secondary N) is 1. The van der Waals surface area contributed by atoms with Crippen LogP contribution in [0.25, 0.3) is 0 Å². The quantitative estimate of drug-likeness (QED) is 0.220. The molecule has 1 unspecified atom stereocenters. The van der Waals surface area contributed by atoms with E-state index in [1.54, 1.807) is 18.3 Å². The molecule has 0 spiro atoms. The highest BCUT2D eigenvalue weighted by molar-refractivity contribution is 7.89. The topological polar surface area (TPSA) is 163 Å². The van der Waals surface area contributed by atoms with Crippen molar-refractivity contribution < 1.29 is 37.3 Å². The molecule has 248 valence electrons. The van der Waals surface area contributed by atoms with Crippen LogP contribution in [0.4, 0.5) is 10.5 Å². The van der Waals surface area contributed by atoms with Gasteiger partial charge in [-0.2, -0.15) is 4.31 Å². The first-order valence-corrected chi connectivity index (χ1v) is 16.9. The highest BCUT2D eigenvalue weighted by atomic mass is 32.2. The van der Waals surface area contributed by atoms with Crippen molar-refractivity contribution in [3.63, 3.8) is 0 Å². The number of amides is 1. The van der Waals surface area contributed by atoms with Crippen molar-refractivity contribution in [2.24, 2.45) is 11.8 Å². The largest absolute Gasteiger partial charge is 0.487 e. The summed E-state index contributed by atoms with van der Waals surface area (Å²) < 4.78 is 51.3. The molecular weight excluding hydrogens is 612 g/mol. The van der Waals surface area contributed by atoms with Crippen LogP contribution in [0.2, 0.25) is 0 Å². The van der Waals surface area contributed by atoms with Gasteiger partial charge in [0.2, 0.25) is 10.0 Å². The number of nitrogens with zero attached hydrogens (tertiary/aromatic N) is 2. The highest BCUT2D eigenvalue weighted by Crippen LogP contribution is 2.33. The summed E-state index contributed by atoms with van der Waals surface area (Å²) in [7, 11) is -3.98. The molecule has 13 heteroatoms. The van der Waals surface area contributed by atoms with Crippen molar-refractivity contribution in [1.82, 2.24) is 14.6 Å². The molecule has 12 nitrogen and oxygen atoms in total. The van der Waals surface area contributed by atoms with Gasteiger partial charge in [-0.05, 0) is 72.9 Å². The molecule has 4 N–H and O–H groups in total. The summed E-state index contributed by atoms with van der Waals surface area (Å²) in [5.41, 5.74) is 7.80. The maximum Gasteiger partial charge on any atom is 0.407 e. The zero-order valence-corrected chi connectivity index (χ0v) is 26.8. The lowest BCUT2D eigenvalue weighted by atomic mass is 10.0. The minimum Gasteiger partial charge on any atom is -0.487 e. The molecule has 2 aliphatic heterocycles. The molecule has 0 saturated carbocycles. The van der Waals surface area contributed by atoms with Gasteiger partial charge in [0.05, 0.1) is 41.9 Å². The molecule has 1 aromatic heterocycles. The van der Waals surface area contributed by atoms with Gasteiger partial charge in [0.25, 0.3) is 0 Å². The van der Waals surface area contributed by atoms with Crippen molar-refractivity contribution in [2.45, 2.75) is 62.7 Å². The summed E-state index contributed by atoms with van der Waals surface area (Å²) in [5.74, 6) is 0.542. The van der Waals surface area contributed by atoms with Crippen molar-refractivity contribution in [3.8, 4) is 5.75 Å². The molecule has 3 heterocycles. The lowest BCUT2D eigenvalue weighted by Crippen LogP contribution is -2.51. The average molecular weight is 655 g/mol. The van der Waals surface area contributed by atoms with Crippen LogP contribution >= 0.6 is 0 Å². The molecule has 0 radical (unpaired) electrons. The third-order valence-electron chi connectivity index (χ3n) is 7.98. The molecule has 2 aromatic carbocycles. The van der Waals surface area contributed by atoms with Gasteiger partial charge >= 0.3 is 6.09 Å². The number of pyridine rings is 1. The van der Waals surface area contributed by atoms with Crippen LogP contribution in [0.3, 0.4) is 0 Å². The lowest BCUT2D eigenvalue weighted by molar-refractivity contribution is -0.0907. The Labute approximate surface area is 269 Å². The Morgan fingerprint density at radius 1 is 1.09 bits per heavy atom. The zero-order chi connectivity index (χ0) is 32.7. The van der Waals surface area contributed by atoms with Gasteiger partial charge < -0.3 is 35.1 Å². The molecule has 46 heavy (non-hydrogen) atoms. The van der Waals surface area contributed by atoms with Crippen LogP contribution in [0, 0.1) is 11.8 Å². The van der Waals surface area contributed by atoms with Crippen molar-refractivity contribution in [1.29, 1.82) is 0 Å². The fourth-order valence-corrected chi connectivity index (χ4v) is 7.19. The molecule has 2 fully saturated rings. The van der Waals surface area contributed by atoms with Crippen LogP contribution in [0.1, 0.15) is 31.5 Å². The van der Waals surface area contributed by atoms with Gasteiger partial charge in [-0.1, -0.05) is 32.0 Å². The number of benzene rings is 2. The summed E-state index contributed by atoms with van der Waals surface area (Å²) in [6.45, 7) is 4.75. The van der Waals surface area contributed by atoms with E-state index in [-0.39, 0.29) is 49.1 Å². The number of aliphatic hydroxyl groups excluding tert-OH is 1. The monoisotopic (exact) mass is 654 g/mol. The molecule has 0 bridgehead atoms. The Morgan fingerprint density at radius 3 is 2.54 bits per heavy atom. The normalized spacial score (nSPS) is 20.8. The number of hydrogen-bond acceptors (Lipinski definition) is 10. The predicted octanol–water partition coefficient (Wildman–Crippen LogP) is 3.35. The van der Waals surface area contributed by atoms with Gasteiger partial charge in [0.15, 0.2) is 6.29 Å². The minimum absolute atomic E-state index is 0.0327. The molecule has 5 rings (SSSR count). The van der Waals surface area contributed by atoms with Crippen LogP contribution in [-0.4, -0.2) is 79.7 Å². The SMILES string of the molecule is CC(C)CN(C[C@@H](O)[C@H](Cc1ccc(OCc2ccccn2)cc1)NC(=O)OC1CO[C@H]2OCC[C@@H]12)S(=O)(=O)c1ccc(N)cc1. The molecule has 5 atom stereocenters. The molecule has 2 aliphatic rings. The number of fused-ring (bicyclic) bond motifs is 1. The number of aliphatic hydroxyl groups is 1. The van der Waals surface area contributed by atoms with Crippen LogP contribution in [0.5, 0.6) is 5.75 Å². The number of ether oxygens (including phenoxy) is 4. The number of anilines is 1. The van der Waals surface area contributed by atoms with E-state index < -0.39 is 34.4 Å².